The molecule has 1 aromatic heterocycles. The van der Waals surface area contributed by atoms with Crippen molar-refractivity contribution in [2.45, 2.75) is 32.7 Å². The topological polar surface area (TPSA) is 58.4 Å². The molecule has 0 N–H and O–H groups in total. The zero-order chi connectivity index (χ0) is 20.4. The van der Waals surface area contributed by atoms with Crippen LogP contribution in [0.25, 0.3) is 11.0 Å². The van der Waals surface area contributed by atoms with E-state index in [1.54, 1.807) is 0 Å². The Kier molecular flexibility index (Phi) is 5.34. The van der Waals surface area contributed by atoms with Gasteiger partial charge in [0, 0.05) is 37.7 Å². The van der Waals surface area contributed by atoms with Crippen LogP contribution in [0.3, 0.4) is 0 Å². The molecule has 0 bridgehead atoms. The van der Waals surface area contributed by atoms with E-state index in [4.69, 9.17) is 4.98 Å². The molecule has 0 spiro atoms. The van der Waals surface area contributed by atoms with Crippen LogP contribution in [0.1, 0.15) is 32.0 Å². The van der Waals surface area contributed by atoms with E-state index >= 15 is 0 Å². The Morgan fingerprint density at radius 1 is 1.07 bits per heavy atom. The van der Waals surface area contributed by atoms with Crippen LogP contribution in [0, 0.1) is 0 Å². The SMILES string of the molecule is CCN(CC)C(=O)Cn1c(C2CC(=O)N(c3ccccc3)C2)nc2ccccc21. The number of benzene rings is 2. The van der Waals surface area contributed by atoms with Gasteiger partial charge in [-0.3, -0.25) is 9.59 Å². The fourth-order valence-electron chi connectivity index (χ4n) is 4.12. The van der Waals surface area contributed by atoms with Gasteiger partial charge in [0.05, 0.1) is 11.0 Å². The minimum absolute atomic E-state index is 0.0420. The van der Waals surface area contributed by atoms with Crippen LogP contribution in [0.4, 0.5) is 5.69 Å². The van der Waals surface area contributed by atoms with Crippen molar-refractivity contribution >= 4 is 28.5 Å². The molecule has 1 aliphatic heterocycles. The van der Waals surface area contributed by atoms with Gasteiger partial charge in [0.1, 0.15) is 12.4 Å². The van der Waals surface area contributed by atoms with E-state index < -0.39 is 0 Å². The number of hydrogen-bond acceptors (Lipinski definition) is 3. The molecule has 2 heterocycles. The average molecular weight is 390 g/mol. The van der Waals surface area contributed by atoms with Gasteiger partial charge in [0.2, 0.25) is 11.8 Å². The zero-order valence-electron chi connectivity index (χ0n) is 16.9. The van der Waals surface area contributed by atoms with Crippen LogP contribution < -0.4 is 4.90 Å². The van der Waals surface area contributed by atoms with Crippen molar-refractivity contribution in [2.24, 2.45) is 0 Å². The minimum Gasteiger partial charge on any atom is -0.342 e. The molecule has 0 aliphatic carbocycles. The summed E-state index contributed by atoms with van der Waals surface area (Å²) in [5.41, 5.74) is 2.70. The normalized spacial score (nSPS) is 16.6. The highest BCUT2D eigenvalue weighted by atomic mass is 16.2. The zero-order valence-corrected chi connectivity index (χ0v) is 16.9. The molecule has 6 heteroatoms. The largest absolute Gasteiger partial charge is 0.342 e. The van der Waals surface area contributed by atoms with Gasteiger partial charge in [-0.15, -0.1) is 0 Å². The number of para-hydroxylation sites is 3. The first kappa shape index (κ1) is 19.2. The van der Waals surface area contributed by atoms with E-state index in [0.29, 0.717) is 26.1 Å². The number of amides is 2. The van der Waals surface area contributed by atoms with Crippen molar-refractivity contribution < 1.29 is 9.59 Å². The molecule has 4 rings (SSSR count). The fourth-order valence-corrected chi connectivity index (χ4v) is 4.12. The second-order valence-electron chi connectivity index (χ2n) is 7.35. The molecular formula is C23H26N4O2. The molecule has 3 aromatic rings. The first-order valence-electron chi connectivity index (χ1n) is 10.2. The summed E-state index contributed by atoms with van der Waals surface area (Å²) >= 11 is 0. The van der Waals surface area contributed by atoms with E-state index in [0.717, 1.165) is 22.5 Å². The Hall–Kier alpha value is -3.15. The average Bonchev–Trinajstić information content (AvgIpc) is 3.30. The number of anilines is 1. The summed E-state index contributed by atoms with van der Waals surface area (Å²) in [4.78, 5) is 34.0. The number of aromatic nitrogens is 2. The molecule has 1 aliphatic rings. The van der Waals surface area contributed by atoms with Gasteiger partial charge in [-0.05, 0) is 38.1 Å². The first-order valence-corrected chi connectivity index (χ1v) is 10.2. The van der Waals surface area contributed by atoms with E-state index in [1.807, 2.05) is 82.8 Å². The monoisotopic (exact) mass is 390 g/mol. The molecule has 0 radical (unpaired) electrons. The van der Waals surface area contributed by atoms with Gasteiger partial charge in [0.15, 0.2) is 0 Å². The number of likely N-dealkylation sites (N-methyl/N-ethyl adjacent to an activating group) is 1. The van der Waals surface area contributed by atoms with E-state index in [2.05, 4.69) is 0 Å². The summed E-state index contributed by atoms with van der Waals surface area (Å²) in [6.45, 7) is 6.16. The Morgan fingerprint density at radius 2 is 1.76 bits per heavy atom. The van der Waals surface area contributed by atoms with E-state index in [9.17, 15) is 9.59 Å². The number of imidazole rings is 1. The molecule has 6 nitrogen and oxygen atoms in total. The highest BCUT2D eigenvalue weighted by Crippen LogP contribution is 2.33. The van der Waals surface area contributed by atoms with Crippen LogP contribution in [-0.2, 0) is 16.1 Å². The number of hydrogen-bond donors (Lipinski definition) is 0. The van der Waals surface area contributed by atoms with Crippen molar-refractivity contribution in [1.29, 1.82) is 0 Å². The van der Waals surface area contributed by atoms with Crippen molar-refractivity contribution in [2.75, 3.05) is 24.5 Å². The molecule has 1 saturated heterocycles. The Morgan fingerprint density at radius 3 is 2.48 bits per heavy atom. The third kappa shape index (κ3) is 3.62. The molecule has 150 valence electrons. The summed E-state index contributed by atoms with van der Waals surface area (Å²) in [7, 11) is 0. The second kappa shape index (κ2) is 8.07. The number of fused-ring (bicyclic) bond motifs is 1. The summed E-state index contributed by atoms with van der Waals surface area (Å²) in [6, 6.07) is 17.6. The van der Waals surface area contributed by atoms with Gasteiger partial charge >= 0.3 is 0 Å². The van der Waals surface area contributed by atoms with Crippen LogP contribution in [0.15, 0.2) is 54.6 Å². The van der Waals surface area contributed by atoms with Crippen molar-refractivity contribution in [3.05, 3.63) is 60.4 Å². The van der Waals surface area contributed by atoms with Crippen LogP contribution in [0.5, 0.6) is 0 Å². The number of nitrogens with zero attached hydrogens (tertiary/aromatic N) is 4. The maximum atomic E-state index is 12.8. The van der Waals surface area contributed by atoms with Crippen molar-refractivity contribution in [1.82, 2.24) is 14.5 Å². The van der Waals surface area contributed by atoms with Crippen LogP contribution in [0.2, 0.25) is 0 Å². The molecule has 1 atom stereocenters. The van der Waals surface area contributed by atoms with E-state index in [1.165, 1.54) is 0 Å². The van der Waals surface area contributed by atoms with E-state index in [-0.39, 0.29) is 24.3 Å². The van der Waals surface area contributed by atoms with Gasteiger partial charge in [-0.2, -0.15) is 0 Å². The minimum atomic E-state index is -0.0420. The predicted octanol–water partition coefficient (Wildman–Crippen LogP) is 3.43. The smallest absolute Gasteiger partial charge is 0.242 e. The van der Waals surface area contributed by atoms with Gasteiger partial charge in [0.25, 0.3) is 0 Å². The fraction of sp³-hybridized carbons (Fsp3) is 0.348. The molecule has 2 aromatic carbocycles. The van der Waals surface area contributed by atoms with Crippen LogP contribution in [-0.4, -0.2) is 45.9 Å². The molecule has 0 saturated carbocycles. The van der Waals surface area contributed by atoms with Crippen molar-refractivity contribution in [3.63, 3.8) is 0 Å². The quantitative estimate of drug-likeness (QED) is 0.648. The van der Waals surface area contributed by atoms with Crippen LogP contribution >= 0.6 is 0 Å². The van der Waals surface area contributed by atoms with Gasteiger partial charge in [-0.1, -0.05) is 30.3 Å². The lowest BCUT2D eigenvalue weighted by atomic mass is 10.1. The Bertz CT molecular complexity index is 1020. The Labute approximate surface area is 170 Å². The molecule has 1 fully saturated rings. The maximum absolute atomic E-state index is 12.8. The molecule has 2 amide bonds. The predicted molar refractivity (Wildman–Crippen MR) is 114 cm³/mol. The lowest BCUT2D eigenvalue weighted by molar-refractivity contribution is -0.131. The van der Waals surface area contributed by atoms with Crippen molar-refractivity contribution in [3.8, 4) is 0 Å². The highest BCUT2D eigenvalue weighted by molar-refractivity contribution is 5.96. The molecule has 29 heavy (non-hydrogen) atoms. The highest BCUT2D eigenvalue weighted by Gasteiger charge is 2.35. The maximum Gasteiger partial charge on any atom is 0.242 e. The summed E-state index contributed by atoms with van der Waals surface area (Å²) in [6.07, 6.45) is 0.400. The van der Waals surface area contributed by atoms with Gasteiger partial charge < -0.3 is 14.4 Å². The number of carbonyl (C=O) groups excluding carboxylic acids is 2. The molecular weight excluding hydrogens is 364 g/mol. The second-order valence-corrected chi connectivity index (χ2v) is 7.35. The van der Waals surface area contributed by atoms with Gasteiger partial charge in [-0.25, -0.2) is 4.98 Å². The Balaban J connectivity index is 1.69. The summed E-state index contributed by atoms with van der Waals surface area (Å²) < 4.78 is 2.00. The number of rotatable bonds is 6. The lowest BCUT2D eigenvalue weighted by Crippen LogP contribution is -2.34. The standard InChI is InChI=1S/C23H26N4O2/c1-3-25(4-2)22(29)16-27-20-13-9-8-12-19(20)24-23(27)17-14-21(28)26(15-17)18-10-6-5-7-11-18/h5-13,17H,3-4,14-16H2,1-2H3. The number of carbonyl (C=O) groups is 2. The summed E-state index contributed by atoms with van der Waals surface area (Å²) in [5, 5.41) is 0. The summed E-state index contributed by atoms with van der Waals surface area (Å²) in [5.74, 6) is 0.941. The first-order chi connectivity index (χ1) is 14.1. The third-order valence-corrected chi connectivity index (χ3v) is 5.65. The molecule has 1 unspecified atom stereocenters. The third-order valence-electron chi connectivity index (χ3n) is 5.65. The lowest BCUT2D eigenvalue weighted by Gasteiger charge is -2.21.